The van der Waals surface area contributed by atoms with Gasteiger partial charge in [-0.05, 0) is 43.4 Å². The van der Waals surface area contributed by atoms with Gasteiger partial charge in [0.05, 0.1) is 15.2 Å². The molecule has 0 aromatic heterocycles. The first-order valence-electron chi connectivity index (χ1n) is 6.74. The van der Waals surface area contributed by atoms with Gasteiger partial charge in [0.1, 0.15) is 0 Å². The van der Waals surface area contributed by atoms with Crippen molar-refractivity contribution in [1.29, 1.82) is 0 Å². The lowest BCUT2D eigenvalue weighted by Gasteiger charge is -2.41. The summed E-state index contributed by atoms with van der Waals surface area (Å²) in [5.74, 6) is 0. The molecule has 2 N–H and O–H groups in total. The monoisotopic (exact) mass is 299 g/mol. The van der Waals surface area contributed by atoms with Crippen LogP contribution in [0, 0.1) is 0 Å². The highest BCUT2D eigenvalue weighted by molar-refractivity contribution is 7.92. The summed E-state index contributed by atoms with van der Waals surface area (Å²) < 4.78 is 24.4. The van der Waals surface area contributed by atoms with Crippen molar-refractivity contribution in [3.8, 4) is 0 Å². The van der Waals surface area contributed by atoms with Crippen molar-refractivity contribution < 1.29 is 8.42 Å². The van der Waals surface area contributed by atoms with Crippen LogP contribution >= 0.6 is 11.6 Å². The summed E-state index contributed by atoms with van der Waals surface area (Å²) in [5.41, 5.74) is 6.98. The summed E-state index contributed by atoms with van der Waals surface area (Å²) in [7, 11) is -3.22. The van der Waals surface area contributed by atoms with Crippen molar-refractivity contribution in [2.45, 2.75) is 47.7 Å². The molecule has 0 amide bonds. The first kappa shape index (κ1) is 13.4. The SMILES string of the molecule is NCC1(c2ccc(S(=O)(=O)C3CC3)c(Cl)c2)CCC1. The Labute approximate surface area is 119 Å². The Balaban J connectivity index is 1.98. The van der Waals surface area contributed by atoms with Crippen molar-refractivity contribution in [2.75, 3.05) is 6.54 Å². The third kappa shape index (κ3) is 2.10. The maximum atomic E-state index is 12.2. The number of hydrogen-bond acceptors (Lipinski definition) is 3. The molecule has 0 saturated heterocycles. The third-order valence-electron chi connectivity index (χ3n) is 4.52. The van der Waals surface area contributed by atoms with E-state index in [4.69, 9.17) is 17.3 Å². The minimum Gasteiger partial charge on any atom is -0.330 e. The lowest BCUT2D eigenvalue weighted by Crippen LogP contribution is -2.41. The van der Waals surface area contributed by atoms with Crippen LogP contribution in [0.5, 0.6) is 0 Å². The van der Waals surface area contributed by atoms with E-state index >= 15 is 0 Å². The molecule has 2 saturated carbocycles. The van der Waals surface area contributed by atoms with Crippen molar-refractivity contribution in [3.05, 3.63) is 28.8 Å². The van der Waals surface area contributed by atoms with E-state index in [0.717, 1.165) is 31.2 Å². The van der Waals surface area contributed by atoms with Gasteiger partial charge in [0.2, 0.25) is 0 Å². The fourth-order valence-electron chi connectivity index (χ4n) is 2.83. The van der Waals surface area contributed by atoms with Crippen LogP contribution in [0.4, 0.5) is 0 Å². The maximum absolute atomic E-state index is 12.2. The summed E-state index contributed by atoms with van der Waals surface area (Å²) in [6.45, 7) is 0.595. The topological polar surface area (TPSA) is 60.2 Å². The van der Waals surface area contributed by atoms with Crippen LogP contribution in [-0.2, 0) is 15.3 Å². The standard InChI is InChI=1S/C14H18ClNO2S/c15-12-8-10(14(9-16)6-1-7-14)2-5-13(12)19(17,18)11-3-4-11/h2,5,8,11H,1,3-4,6-7,9,16H2. The molecule has 0 bridgehead atoms. The Hall–Kier alpha value is -0.580. The van der Waals surface area contributed by atoms with Gasteiger partial charge in [0.25, 0.3) is 0 Å². The number of benzene rings is 1. The molecule has 0 atom stereocenters. The average molecular weight is 300 g/mol. The quantitative estimate of drug-likeness (QED) is 0.930. The van der Waals surface area contributed by atoms with E-state index in [1.807, 2.05) is 12.1 Å². The Morgan fingerprint density at radius 2 is 2.00 bits per heavy atom. The van der Waals surface area contributed by atoms with Crippen LogP contribution in [-0.4, -0.2) is 20.2 Å². The summed E-state index contributed by atoms with van der Waals surface area (Å²) in [6, 6.07) is 5.37. The molecule has 1 aromatic rings. The fraction of sp³-hybridized carbons (Fsp3) is 0.571. The Bertz CT molecular complexity index is 598. The zero-order chi connectivity index (χ0) is 13.7. The zero-order valence-electron chi connectivity index (χ0n) is 10.7. The van der Waals surface area contributed by atoms with E-state index in [0.29, 0.717) is 11.6 Å². The van der Waals surface area contributed by atoms with Gasteiger partial charge in [-0.2, -0.15) is 0 Å². The van der Waals surface area contributed by atoms with Crippen molar-refractivity contribution in [3.63, 3.8) is 0 Å². The summed E-state index contributed by atoms with van der Waals surface area (Å²) in [4.78, 5) is 0.284. The third-order valence-corrected chi connectivity index (χ3v) is 7.26. The van der Waals surface area contributed by atoms with Crippen LogP contribution in [0.3, 0.4) is 0 Å². The number of hydrogen-bond donors (Lipinski definition) is 1. The first-order chi connectivity index (χ1) is 8.99. The lowest BCUT2D eigenvalue weighted by atomic mass is 9.64. The van der Waals surface area contributed by atoms with Gasteiger partial charge in [-0.1, -0.05) is 24.1 Å². The molecule has 2 fully saturated rings. The second-order valence-corrected chi connectivity index (χ2v) is 8.33. The highest BCUT2D eigenvalue weighted by Gasteiger charge is 2.40. The van der Waals surface area contributed by atoms with Gasteiger partial charge < -0.3 is 5.73 Å². The highest BCUT2D eigenvalue weighted by Crippen LogP contribution is 2.45. The normalized spacial score (nSPS) is 22.0. The predicted octanol–water partition coefficient (Wildman–Crippen LogP) is 2.66. The average Bonchev–Trinajstić information content (AvgIpc) is 3.12. The second kappa shape index (κ2) is 4.47. The minimum absolute atomic E-state index is 0.0194. The number of halogens is 1. The van der Waals surface area contributed by atoms with Crippen molar-refractivity contribution in [1.82, 2.24) is 0 Å². The Kier molecular flexibility index (Phi) is 3.15. The molecular formula is C14H18ClNO2S. The maximum Gasteiger partial charge on any atom is 0.182 e. The lowest BCUT2D eigenvalue weighted by molar-refractivity contribution is 0.253. The second-order valence-electron chi connectivity index (χ2n) is 5.73. The molecule has 3 nitrogen and oxygen atoms in total. The summed E-state index contributed by atoms with van der Waals surface area (Å²) in [6.07, 6.45) is 4.82. The van der Waals surface area contributed by atoms with Gasteiger partial charge in [0, 0.05) is 12.0 Å². The minimum atomic E-state index is -3.22. The highest BCUT2D eigenvalue weighted by atomic mass is 35.5. The van der Waals surface area contributed by atoms with E-state index in [2.05, 4.69) is 0 Å². The molecule has 0 radical (unpaired) electrons. The fourth-order valence-corrected chi connectivity index (χ4v) is 5.04. The van der Waals surface area contributed by atoms with Gasteiger partial charge in [-0.15, -0.1) is 0 Å². The van der Waals surface area contributed by atoms with Gasteiger partial charge >= 0.3 is 0 Å². The number of sulfone groups is 1. The molecule has 0 unspecified atom stereocenters. The first-order valence-corrected chi connectivity index (χ1v) is 8.66. The molecular weight excluding hydrogens is 282 g/mol. The largest absolute Gasteiger partial charge is 0.330 e. The zero-order valence-corrected chi connectivity index (χ0v) is 12.3. The van der Waals surface area contributed by atoms with E-state index in [1.165, 1.54) is 6.42 Å². The molecule has 1 aromatic carbocycles. The summed E-state index contributed by atoms with van der Waals surface area (Å²) in [5, 5.41) is 0.132. The molecule has 5 heteroatoms. The Morgan fingerprint density at radius 3 is 2.42 bits per heavy atom. The molecule has 3 rings (SSSR count). The number of nitrogens with two attached hydrogens (primary N) is 1. The van der Waals surface area contributed by atoms with Crippen LogP contribution in [0.25, 0.3) is 0 Å². The molecule has 19 heavy (non-hydrogen) atoms. The molecule has 0 heterocycles. The van der Waals surface area contributed by atoms with E-state index < -0.39 is 9.84 Å². The molecule has 2 aliphatic rings. The van der Waals surface area contributed by atoms with Crippen LogP contribution in [0.1, 0.15) is 37.7 Å². The van der Waals surface area contributed by atoms with E-state index in [-0.39, 0.29) is 15.6 Å². The van der Waals surface area contributed by atoms with Gasteiger partial charge in [0.15, 0.2) is 9.84 Å². The number of rotatable bonds is 4. The van der Waals surface area contributed by atoms with Crippen LogP contribution in [0.15, 0.2) is 23.1 Å². The van der Waals surface area contributed by atoms with Crippen LogP contribution < -0.4 is 5.73 Å². The Morgan fingerprint density at radius 1 is 1.32 bits per heavy atom. The van der Waals surface area contributed by atoms with Gasteiger partial charge in [-0.3, -0.25) is 0 Å². The molecule has 0 spiro atoms. The van der Waals surface area contributed by atoms with E-state index in [1.54, 1.807) is 6.07 Å². The predicted molar refractivity (Wildman–Crippen MR) is 76.2 cm³/mol. The van der Waals surface area contributed by atoms with E-state index in [9.17, 15) is 8.42 Å². The van der Waals surface area contributed by atoms with Crippen molar-refractivity contribution >= 4 is 21.4 Å². The van der Waals surface area contributed by atoms with Gasteiger partial charge in [-0.25, -0.2) is 8.42 Å². The molecule has 0 aliphatic heterocycles. The smallest absolute Gasteiger partial charge is 0.182 e. The molecule has 2 aliphatic carbocycles. The van der Waals surface area contributed by atoms with Crippen molar-refractivity contribution in [2.24, 2.45) is 5.73 Å². The molecule has 104 valence electrons. The van der Waals surface area contributed by atoms with Crippen LogP contribution in [0.2, 0.25) is 5.02 Å². The summed E-state index contributed by atoms with van der Waals surface area (Å²) >= 11 is 6.21.